The first-order chi connectivity index (χ1) is 8.18. The summed E-state index contributed by atoms with van der Waals surface area (Å²) < 4.78 is 5.21. The van der Waals surface area contributed by atoms with E-state index in [1.165, 1.54) is 6.07 Å². The van der Waals surface area contributed by atoms with Crippen LogP contribution in [0.4, 0.5) is 5.82 Å². The van der Waals surface area contributed by atoms with Crippen LogP contribution in [0.25, 0.3) is 0 Å². The Morgan fingerprint density at radius 2 is 2.29 bits per heavy atom. The quantitative estimate of drug-likeness (QED) is 0.873. The Kier molecular flexibility index (Phi) is 3.09. The van der Waals surface area contributed by atoms with Crippen molar-refractivity contribution in [2.75, 3.05) is 11.9 Å². The van der Waals surface area contributed by atoms with Gasteiger partial charge >= 0.3 is 5.97 Å². The first-order valence-electron chi connectivity index (χ1n) is 5.10. The van der Waals surface area contributed by atoms with Gasteiger partial charge in [-0.1, -0.05) is 0 Å². The molecule has 0 saturated carbocycles. The van der Waals surface area contributed by atoms with Gasteiger partial charge in [-0.05, 0) is 24.3 Å². The van der Waals surface area contributed by atoms with Gasteiger partial charge < -0.3 is 14.4 Å². The van der Waals surface area contributed by atoms with Gasteiger partial charge in [-0.15, -0.1) is 0 Å². The van der Waals surface area contributed by atoms with Gasteiger partial charge in [0.15, 0.2) is 0 Å². The van der Waals surface area contributed by atoms with Crippen molar-refractivity contribution in [1.29, 1.82) is 0 Å². The van der Waals surface area contributed by atoms with Crippen LogP contribution in [0.2, 0.25) is 0 Å². The van der Waals surface area contributed by atoms with Crippen LogP contribution in [0.3, 0.4) is 0 Å². The fourth-order valence-electron chi connectivity index (χ4n) is 1.58. The van der Waals surface area contributed by atoms with Crippen molar-refractivity contribution < 1.29 is 14.3 Å². The van der Waals surface area contributed by atoms with E-state index in [1.54, 1.807) is 36.5 Å². The molecule has 0 unspecified atom stereocenters. The van der Waals surface area contributed by atoms with Gasteiger partial charge in [-0.2, -0.15) is 0 Å². The van der Waals surface area contributed by atoms with E-state index < -0.39 is 5.97 Å². The fourth-order valence-corrected chi connectivity index (χ4v) is 1.58. The van der Waals surface area contributed by atoms with Crippen molar-refractivity contribution in [2.24, 2.45) is 0 Å². The Labute approximate surface area is 98.3 Å². The SMILES string of the molecule is CN(Cc1ccco1)c1ncccc1C(=O)O. The van der Waals surface area contributed by atoms with E-state index in [9.17, 15) is 4.79 Å². The third-order valence-electron chi connectivity index (χ3n) is 2.35. The summed E-state index contributed by atoms with van der Waals surface area (Å²) >= 11 is 0. The number of rotatable bonds is 4. The first-order valence-corrected chi connectivity index (χ1v) is 5.10. The lowest BCUT2D eigenvalue weighted by Gasteiger charge is -2.18. The smallest absolute Gasteiger partial charge is 0.339 e. The van der Waals surface area contributed by atoms with Gasteiger partial charge in [-0.25, -0.2) is 9.78 Å². The summed E-state index contributed by atoms with van der Waals surface area (Å²) in [6.45, 7) is 0.476. The predicted octanol–water partition coefficient (Wildman–Crippen LogP) is 2.01. The summed E-state index contributed by atoms with van der Waals surface area (Å²) in [6, 6.07) is 6.76. The molecule has 0 fully saturated rings. The summed E-state index contributed by atoms with van der Waals surface area (Å²) in [4.78, 5) is 16.9. The van der Waals surface area contributed by atoms with Gasteiger partial charge in [0, 0.05) is 13.2 Å². The highest BCUT2D eigenvalue weighted by Gasteiger charge is 2.14. The second-order valence-electron chi connectivity index (χ2n) is 3.62. The van der Waals surface area contributed by atoms with Crippen molar-refractivity contribution in [2.45, 2.75) is 6.54 Å². The molecule has 0 radical (unpaired) electrons. The summed E-state index contributed by atoms with van der Waals surface area (Å²) in [6.07, 6.45) is 3.15. The van der Waals surface area contributed by atoms with Crippen LogP contribution in [0.1, 0.15) is 16.1 Å². The van der Waals surface area contributed by atoms with Crippen LogP contribution in [0, 0.1) is 0 Å². The third kappa shape index (κ3) is 2.44. The lowest BCUT2D eigenvalue weighted by atomic mass is 10.2. The summed E-state index contributed by atoms with van der Waals surface area (Å²) in [5, 5.41) is 9.05. The maximum Gasteiger partial charge on any atom is 0.339 e. The average Bonchev–Trinajstić information content (AvgIpc) is 2.81. The van der Waals surface area contributed by atoms with Crippen LogP contribution in [0.15, 0.2) is 41.1 Å². The van der Waals surface area contributed by atoms with Crippen LogP contribution >= 0.6 is 0 Å². The second-order valence-corrected chi connectivity index (χ2v) is 3.62. The zero-order valence-corrected chi connectivity index (χ0v) is 9.33. The molecule has 0 aliphatic rings. The Morgan fingerprint density at radius 1 is 1.47 bits per heavy atom. The van der Waals surface area contributed by atoms with Gasteiger partial charge in [-0.3, -0.25) is 0 Å². The van der Waals surface area contributed by atoms with Gasteiger partial charge in [0.25, 0.3) is 0 Å². The van der Waals surface area contributed by atoms with Crippen LogP contribution in [0.5, 0.6) is 0 Å². The number of aromatic carboxylic acids is 1. The number of nitrogens with zero attached hydrogens (tertiary/aromatic N) is 2. The molecule has 0 saturated heterocycles. The van der Waals surface area contributed by atoms with Crippen LogP contribution in [-0.4, -0.2) is 23.1 Å². The molecule has 0 spiro atoms. The number of aromatic nitrogens is 1. The summed E-state index contributed by atoms with van der Waals surface area (Å²) in [7, 11) is 1.78. The molecule has 5 nitrogen and oxygen atoms in total. The van der Waals surface area contributed by atoms with E-state index in [-0.39, 0.29) is 5.56 Å². The Bertz CT molecular complexity index is 508. The molecule has 1 N–H and O–H groups in total. The Balaban J connectivity index is 2.24. The van der Waals surface area contributed by atoms with Gasteiger partial charge in [0.05, 0.1) is 12.8 Å². The molecule has 0 aliphatic heterocycles. The number of hydrogen-bond donors (Lipinski definition) is 1. The number of furan rings is 1. The molecule has 0 aliphatic carbocycles. The molecule has 2 heterocycles. The molecular formula is C12H12N2O3. The minimum Gasteiger partial charge on any atom is -0.478 e. The largest absolute Gasteiger partial charge is 0.478 e. The lowest BCUT2D eigenvalue weighted by Crippen LogP contribution is -2.20. The number of carboxylic acid groups (broad SMARTS) is 1. The minimum atomic E-state index is -0.987. The van der Waals surface area contributed by atoms with Crippen molar-refractivity contribution in [3.8, 4) is 0 Å². The number of pyridine rings is 1. The van der Waals surface area contributed by atoms with Crippen molar-refractivity contribution in [3.05, 3.63) is 48.0 Å². The standard InChI is InChI=1S/C12H12N2O3/c1-14(8-9-4-3-7-17-9)11-10(12(15)16)5-2-6-13-11/h2-7H,8H2,1H3,(H,15,16). The highest BCUT2D eigenvalue weighted by molar-refractivity contribution is 5.93. The number of carbonyl (C=O) groups is 1. The van der Waals surface area contributed by atoms with E-state index in [4.69, 9.17) is 9.52 Å². The summed E-state index contributed by atoms with van der Waals surface area (Å²) in [5.74, 6) is 0.199. The molecule has 2 rings (SSSR count). The molecule has 0 bridgehead atoms. The number of anilines is 1. The lowest BCUT2D eigenvalue weighted by molar-refractivity contribution is 0.0697. The third-order valence-corrected chi connectivity index (χ3v) is 2.35. The van der Waals surface area contributed by atoms with Crippen molar-refractivity contribution in [3.63, 3.8) is 0 Å². The normalized spacial score (nSPS) is 10.2. The molecule has 88 valence electrons. The van der Waals surface area contributed by atoms with Crippen molar-refractivity contribution >= 4 is 11.8 Å². The monoisotopic (exact) mass is 232 g/mol. The van der Waals surface area contributed by atoms with Gasteiger partial charge in [0.2, 0.25) is 0 Å². The molecule has 2 aromatic rings. The highest BCUT2D eigenvalue weighted by Crippen LogP contribution is 2.18. The van der Waals surface area contributed by atoms with Crippen molar-refractivity contribution in [1.82, 2.24) is 4.98 Å². The van der Waals surface area contributed by atoms with E-state index >= 15 is 0 Å². The maximum absolute atomic E-state index is 11.0. The molecular weight excluding hydrogens is 220 g/mol. The van der Waals surface area contributed by atoms with E-state index in [0.717, 1.165) is 5.76 Å². The Morgan fingerprint density at radius 3 is 2.94 bits per heavy atom. The molecule has 0 aromatic carbocycles. The number of hydrogen-bond acceptors (Lipinski definition) is 4. The molecule has 0 amide bonds. The van der Waals surface area contributed by atoms with Crippen LogP contribution in [-0.2, 0) is 6.54 Å². The molecule has 17 heavy (non-hydrogen) atoms. The average molecular weight is 232 g/mol. The highest BCUT2D eigenvalue weighted by atomic mass is 16.4. The topological polar surface area (TPSA) is 66.6 Å². The Hall–Kier alpha value is -2.30. The number of carboxylic acids is 1. The predicted molar refractivity (Wildman–Crippen MR) is 62.0 cm³/mol. The van der Waals surface area contributed by atoms with E-state index in [0.29, 0.717) is 12.4 Å². The maximum atomic E-state index is 11.0. The zero-order chi connectivity index (χ0) is 12.3. The van der Waals surface area contributed by atoms with Gasteiger partial charge in [0.1, 0.15) is 17.1 Å². The fraction of sp³-hybridized carbons (Fsp3) is 0.167. The first kappa shape index (κ1) is 11.2. The van der Waals surface area contributed by atoms with E-state index in [1.807, 2.05) is 6.07 Å². The second kappa shape index (κ2) is 4.69. The molecule has 5 heteroatoms. The molecule has 2 aromatic heterocycles. The zero-order valence-electron chi connectivity index (χ0n) is 9.33. The molecule has 0 atom stereocenters. The summed E-state index contributed by atoms with van der Waals surface area (Å²) in [5.41, 5.74) is 0.182. The van der Waals surface area contributed by atoms with E-state index in [2.05, 4.69) is 4.98 Å². The minimum absolute atomic E-state index is 0.182. The van der Waals surface area contributed by atoms with Crippen LogP contribution < -0.4 is 4.90 Å².